The van der Waals surface area contributed by atoms with Gasteiger partial charge in [-0.1, -0.05) is 30.3 Å². The lowest BCUT2D eigenvalue weighted by atomic mass is 10.1. The van der Waals surface area contributed by atoms with E-state index in [1.807, 2.05) is 0 Å². The summed E-state index contributed by atoms with van der Waals surface area (Å²) in [6.45, 7) is -0.272. The Kier molecular flexibility index (Phi) is 11.0. The molecule has 134 valence electrons. The fourth-order valence-electron chi connectivity index (χ4n) is 1.56. The van der Waals surface area contributed by atoms with E-state index in [-0.39, 0.29) is 12.2 Å². The summed E-state index contributed by atoms with van der Waals surface area (Å²) in [6.07, 6.45) is 0.813. The highest BCUT2D eigenvalue weighted by Gasteiger charge is 2.07. The van der Waals surface area contributed by atoms with E-state index in [9.17, 15) is 19.7 Å². The Morgan fingerprint density at radius 3 is 2.28 bits per heavy atom. The van der Waals surface area contributed by atoms with Crippen LogP contribution >= 0.6 is 12.6 Å². The number of nitrogens with zero attached hydrogens (tertiary/aromatic N) is 1. The minimum Gasteiger partial charge on any atom is -0.400 e. The second kappa shape index (κ2) is 12.5. The van der Waals surface area contributed by atoms with Crippen molar-refractivity contribution in [3.63, 3.8) is 0 Å². The molecule has 0 aromatic heterocycles. The number of carbonyl (C=O) groups is 2. The molecular formula is C16H18N2O6S. The number of aldehydes is 1. The minimum atomic E-state index is -0.919. The van der Waals surface area contributed by atoms with Crippen LogP contribution in [0.5, 0.6) is 0 Å². The van der Waals surface area contributed by atoms with E-state index in [4.69, 9.17) is 10.8 Å². The summed E-state index contributed by atoms with van der Waals surface area (Å²) in [6, 6.07) is 13.3. The molecule has 0 saturated carbocycles. The lowest BCUT2D eigenvalue weighted by Gasteiger charge is -2.04. The minimum absolute atomic E-state index is 0.231. The monoisotopic (exact) mass is 366 g/mol. The van der Waals surface area contributed by atoms with Crippen LogP contribution in [-0.4, -0.2) is 29.5 Å². The molecule has 0 atom stereocenters. The molecule has 2 rings (SSSR count). The van der Waals surface area contributed by atoms with Gasteiger partial charge in [0.15, 0.2) is 0 Å². The second-order valence-corrected chi connectivity index (χ2v) is 4.74. The average Bonchev–Trinajstić information content (AvgIpc) is 2.63. The van der Waals surface area contributed by atoms with Gasteiger partial charge in [-0.15, -0.1) is 22.7 Å². The van der Waals surface area contributed by atoms with Gasteiger partial charge in [0.1, 0.15) is 12.9 Å². The lowest BCUT2D eigenvalue weighted by molar-refractivity contribution is -0.763. The third-order valence-corrected chi connectivity index (χ3v) is 2.94. The molecule has 2 aromatic rings. The Hall–Kier alpha value is -2.91. The molecule has 0 heterocycles. The van der Waals surface area contributed by atoms with Gasteiger partial charge in [-0.3, -0.25) is 9.59 Å². The van der Waals surface area contributed by atoms with Gasteiger partial charge in [-0.05, 0) is 23.8 Å². The number of rotatable bonds is 5. The van der Waals surface area contributed by atoms with E-state index in [0.717, 1.165) is 18.3 Å². The van der Waals surface area contributed by atoms with Gasteiger partial charge in [-0.25, -0.2) is 0 Å². The first kappa shape index (κ1) is 22.1. The Morgan fingerprint density at radius 2 is 1.80 bits per heavy atom. The molecule has 0 aliphatic carbocycles. The topological polar surface area (TPSA) is 133 Å². The third-order valence-electron chi connectivity index (χ3n) is 2.64. The Morgan fingerprint density at radius 1 is 1.24 bits per heavy atom. The predicted octanol–water partition coefficient (Wildman–Crippen LogP) is 1.89. The van der Waals surface area contributed by atoms with Gasteiger partial charge in [0, 0.05) is 23.1 Å². The fourth-order valence-corrected chi connectivity index (χ4v) is 1.71. The molecule has 3 N–H and O–H groups in total. The molecule has 0 radical (unpaired) electrons. The van der Waals surface area contributed by atoms with Crippen molar-refractivity contribution in [2.24, 2.45) is 5.73 Å². The normalized spacial score (nSPS) is 8.76. The van der Waals surface area contributed by atoms with Crippen molar-refractivity contribution in [1.29, 1.82) is 0 Å². The highest BCUT2D eigenvalue weighted by Crippen LogP contribution is 2.09. The summed E-state index contributed by atoms with van der Waals surface area (Å²) >= 11 is 4.05. The van der Waals surface area contributed by atoms with Crippen molar-refractivity contribution in [3.8, 4) is 0 Å². The van der Waals surface area contributed by atoms with E-state index in [1.54, 1.807) is 42.5 Å². The quantitative estimate of drug-likeness (QED) is 0.320. The largest absolute Gasteiger partial charge is 0.400 e. The van der Waals surface area contributed by atoms with Crippen molar-refractivity contribution in [2.75, 3.05) is 7.11 Å². The van der Waals surface area contributed by atoms with Crippen molar-refractivity contribution in [3.05, 3.63) is 75.3 Å². The molecule has 0 bridgehead atoms. The molecule has 0 saturated heterocycles. The SMILES string of the molecule is CO.NC(=O)c1ccccc1CO[N+](=O)[O-].O=Cc1ccc(S)cc1. The number of hydrogen-bond acceptors (Lipinski definition) is 7. The van der Waals surface area contributed by atoms with Crippen LogP contribution in [0.3, 0.4) is 0 Å². The van der Waals surface area contributed by atoms with Crippen LogP contribution in [-0.2, 0) is 11.4 Å². The summed E-state index contributed by atoms with van der Waals surface area (Å²) in [5, 5.41) is 16.0. The van der Waals surface area contributed by atoms with Crippen LogP contribution in [0.4, 0.5) is 0 Å². The highest BCUT2D eigenvalue weighted by atomic mass is 32.1. The number of thiol groups is 1. The number of nitrogens with two attached hydrogens (primary N) is 1. The molecule has 0 aliphatic heterocycles. The number of benzene rings is 2. The maximum Gasteiger partial charge on any atom is 0.294 e. The van der Waals surface area contributed by atoms with Crippen molar-refractivity contribution >= 4 is 24.8 Å². The van der Waals surface area contributed by atoms with Gasteiger partial charge in [0.2, 0.25) is 5.91 Å². The molecule has 0 spiro atoms. The van der Waals surface area contributed by atoms with Crippen LogP contribution in [0.2, 0.25) is 0 Å². The Bertz CT molecular complexity index is 691. The average molecular weight is 366 g/mol. The van der Waals surface area contributed by atoms with Crippen molar-refractivity contribution in [1.82, 2.24) is 0 Å². The summed E-state index contributed by atoms with van der Waals surface area (Å²) in [7, 11) is 1.00. The van der Waals surface area contributed by atoms with Crippen LogP contribution < -0.4 is 5.73 Å². The molecule has 1 amide bonds. The molecule has 2 aromatic carbocycles. The number of carbonyl (C=O) groups excluding carboxylic acids is 2. The maximum atomic E-state index is 10.9. The highest BCUT2D eigenvalue weighted by molar-refractivity contribution is 7.80. The summed E-state index contributed by atoms with van der Waals surface area (Å²) in [5.41, 5.74) is 6.37. The van der Waals surface area contributed by atoms with Crippen LogP contribution in [0.25, 0.3) is 0 Å². The van der Waals surface area contributed by atoms with Gasteiger partial charge in [0.05, 0.1) is 0 Å². The predicted molar refractivity (Wildman–Crippen MR) is 94.0 cm³/mol. The zero-order valence-corrected chi connectivity index (χ0v) is 14.3. The number of amides is 1. The van der Waals surface area contributed by atoms with Gasteiger partial charge in [-0.2, -0.15) is 0 Å². The smallest absolute Gasteiger partial charge is 0.294 e. The second-order valence-electron chi connectivity index (χ2n) is 4.23. The first-order valence-electron chi connectivity index (χ1n) is 6.78. The van der Waals surface area contributed by atoms with E-state index >= 15 is 0 Å². The first-order chi connectivity index (χ1) is 11.9. The standard InChI is InChI=1S/C8H8N2O4.C7H6OS.CH4O/c9-8(11)7-4-2-1-3-6(7)5-14-10(12)13;8-5-6-1-3-7(9)4-2-6;1-2/h1-4H,5H2,(H2,9,11);1-5,9H;2H,1H3. The van der Waals surface area contributed by atoms with Crippen LogP contribution in [0.15, 0.2) is 53.4 Å². The Balaban J connectivity index is 0.000000451. The van der Waals surface area contributed by atoms with E-state index < -0.39 is 11.0 Å². The summed E-state index contributed by atoms with van der Waals surface area (Å²) in [5.74, 6) is -0.632. The van der Waals surface area contributed by atoms with Crippen LogP contribution in [0, 0.1) is 10.1 Å². The molecule has 0 aliphatic rings. The van der Waals surface area contributed by atoms with Gasteiger partial charge < -0.3 is 15.7 Å². The summed E-state index contributed by atoms with van der Waals surface area (Å²) < 4.78 is 0. The summed E-state index contributed by atoms with van der Waals surface area (Å²) in [4.78, 5) is 35.9. The lowest BCUT2D eigenvalue weighted by Crippen LogP contribution is -2.14. The van der Waals surface area contributed by atoms with Crippen LogP contribution in [0.1, 0.15) is 26.3 Å². The fraction of sp³-hybridized carbons (Fsp3) is 0.125. The number of aliphatic hydroxyl groups is 1. The van der Waals surface area contributed by atoms with E-state index in [2.05, 4.69) is 17.5 Å². The zero-order chi connectivity index (χ0) is 19.2. The third kappa shape index (κ3) is 9.08. The van der Waals surface area contributed by atoms with E-state index in [1.165, 1.54) is 6.07 Å². The number of aliphatic hydroxyl groups excluding tert-OH is 1. The Labute approximate surface area is 149 Å². The molecule has 0 fully saturated rings. The van der Waals surface area contributed by atoms with E-state index in [0.29, 0.717) is 11.1 Å². The van der Waals surface area contributed by atoms with Gasteiger partial charge in [0.25, 0.3) is 5.09 Å². The zero-order valence-electron chi connectivity index (χ0n) is 13.4. The molecular weight excluding hydrogens is 348 g/mol. The molecule has 25 heavy (non-hydrogen) atoms. The maximum absolute atomic E-state index is 10.9. The van der Waals surface area contributed by atoms with Crippen molar-refractivity contribution in [2.45, 2.75) is 11.5 Å². The molecule has 9 heteroatoms. The molecule has 0 unspecified atom stereocenters. The number of primary amides is 1. The molecule has 8 nitrogen and oxygen atoms in total. The first-order valence-corrected chi connectivity index (χ1v) is 7.22. The van der Waals surface area contributed by atoms with Gasteiger partial charge >= 0.3 is 0 Å². The van der Waals surface area contributed by atoms with Crippen molar-refractivity contribution < 1.29 is 24.6 Å². The number of hydrogen-bond donors (Lipinski definition) is 3.